The van der Waals surface area contributed by atoms with E-state index in [9.17, 15) is 4.79 Å². The summed E-state index contributed by atoms with van der Waals surface area (Å²) >= 11 is 0. The number of rotatable bonds is 13. The van der Waals surface area contributed by atoms with Crippen LogP contribution in [0.4, 0.5) is 0 Å². The Kier molecular flexibility index (Phi) is 10.5. The standard InChI is InChI=1S/C24H32N2O2/c1-2-3-4-5-6-7-11-18-24(27)26-25-19-22-16-12-13-17-23(22)28-20-21-14-9-8-10-15-21/h8-10,12-17,19H,2-7,11,18,20H2,1H3,(H,26,27)/b25-19+. The third kappa shape index (κ3) is 8.85. The molecule has 0 bridgehead atoms. The Balaban J connectivity index is 1.71. The van der Waals surface area contributed by atoms with Gasteiger partial charge in [0, 0.05) is 12.0 Å². The molecule has 0 atom stereocenters. The topological polar surface area (TPSA) is 50.7 Å². The molecular weight excluding hydrogens is 348 g/mol. The number of carbonyl (C=O) groups is 1. The van der Waals surface area contributed by atoms with Crippen LogP contribution in [0.15, 0.2) is 59.7 Å². The summed E-state index contributed by atoms with van der Waals surface area (Å²) in [5.74, 6) is 0.712. The van der Waals surface area contributed by atoms with E-state index in [0.717, 1.165) is 29.7 Å². The van der Waals surface area contributed by atoms with Gasteiger partial charge in [0.1, 0.15) is 12.4 Å². The summed E-state index contributed by atoms with van der Waals surface area (Å²) < 4.78 is 5.90. The summed E-state index contributed by atoms with van der Waals surface area (Å²) in [5.41, 5.74) is 4.57. The van der Waals surface area contributed by atoms with E-state index in [1.807, 2.05) is 54.6 Å². The lowest BCUT2D eigenvalue weighted by Crippen LogP contribution is -2.17. The third-order valence-corrected chi connectivity index (χ3v) is 4.56. The minimum Gasteiger partial charge on any atom is -0.488 e. The monoisotopic (exact) mass is 380 g/mol. The molecule has 150 valence electrons. The number of hydrazone groups is 1. The van der Waals surface area contributed by atoms with Gasteiger partial charge in [0.25, 0.3) is 0 Å². The van der Waals surface area contributed by atoms with Crippen molar-refractivity contribution in [2.75, 3.05) is 0 Å². The zero-order valence-corrected chi connectivity index (χ0v) is 16.9. The molecule has 2 aromatic rings. The molecule has 0 aliphatic heterocycles. The van der Waals surface area contributed by atoms with E-state index >= 15 is 0 Å². The third-order valence-electron chi connectivity index (χ3n) is 4.56. The molecule has 28 heavy (non-hydrogen) atoms. The van der Waals surface area contributed by atoms with E-state index in [2.05, 4.69) is 17.5 Å². The van der Waals surface area contributed by atoms with Gasteiger partial charge in [0.2, 0.25) is 5.91 Å². The molecule has 2 rings (SSSR count). The maximum Gasteiger partial charge on any atom is 0.240 e. The molecule has 0 unspecified atom stereocenters. The number of unbranched alkanes of at least 4 members (excludes halogenated alkanes) is 6. The first-order valence-electron chi connectivity index (χ1n) is 10.4. The fourth-order valence-electron chi connectivity index (χ4n) is 2.93. The van der Waals surface area contributed by atoms with Gasteiger partial charge < -0.3 is 4.74 Å². The lowest BCUT2D eigenvalue weighted by Gasteiger charge is -2.09. The van der Waals surface area contributed by atoms with Crippen LogP contribution in [0.3, 0.4) is 0 Å². The largest absolute Gasteiger partial charge is 0.488 e. The summed E-state index contributed by atoms with van der Waals surface area (Å²) in [6, 6.07) is 17.7. The summed E-state index contributed by atoms with van der Waals surface area (Å²) in [6.45, 7) is 2.72. The first-order chi connectivity index (χ1) is 13.8. The van der Waals surface area contributed by atoms with Gasteiger partial charge in [-0.2, -0.15) is 5.10 Å². The Morgan fingerprint density at radius 2 is 1.61 bits per heavy atom. The highest BCUT2D eigenvalue weighted by atomic mass is 16.5. The molecule has 0 aliphatic rings. The zero-order chi connectivity index (χ0) is 19.9. The van der Waals surface area contributed by atoms with E-state index in [4.69, 9.17) is 4.74 Å². The number of benzene rings is 2. The molecule has 1 amide bonds. The van der Waals surface area contributed by atoms with Crippen LogP contribution in [0, 0.1) is 0 Å². The summed E-state index contributed by atoms with van der Waals surface area (Å²) in [6.07, 6.45) is 10.6. The van der Waals surface area contributed by atoms with Crippen LogP contribution >= 0.6 is 0 Å². The first kappa shape index (κ1) is 21.7. The van der Waals surface area contributed by atoms with E-state index in [-0.39, 0.29) is 5.91 Å². The lowest BCUT2D eigenvalue weighted by atomic mass is 10.1. The van der Waals surface area contributed by atoms with Gasteiger partial charge in [-0.15, -0.1) is 0 Å². The number of amides is 1. The molecule has 0 spiro atoms. The summed E-state index contributed by atoms with van der Waals surface area (Å²) in [5, 5.41) is 4.09. The van der Waals surface area contributed by atoms with Gasteiger partial charge in [-0.1, -0.05) is 87.9 Å². The van der Waals surface area contributed by atoms with Gasteiger partial charge in [0.05, 0.1) is 6.21 Å². The number of ether oxygens (including phenoxy) is 1. The predicted molar refractivity (Wildman–Crippen MR) is 116 cm³/mol. The van der Waals surface area contributed by atoms with E-state index in [1.54, 1.807) is 6.21 Å². The predicted octanol–water partition coefficient (Wildman–Crippen LogP) is 5.86. The van der Waals surface area contributed by atoms with Crippen LogP contribution in [0.5, 0.6) is 5.75 Å². The molecule has 2 aromatic carbocycles. The maximum atomic E-state index is 11.9. The highest BCUT2D eigenvalue weighted by Crippen LogP contribution is 2.17. The number of nitrogens with zero attached hydrogens (tertiary/aromatic N) is 1. The molecule has 0 saturated carbocycles. The minimum atomic E-state index is -0.0347. The van der Waals surface area contributed by atoms with Gasteiger partial charge in [-0.25, -0.2) is 5.43 Å². The molecule has 0 aliphatic carbocycles. The van der Waals surface area contributed by atoms with Gasteiger partial charge in [-0.05, 0) is 24.1 Å². The van der Waals surface area contributed by atoms with Gasteiger partial charge >= 0.3 is 0 Å². The van der Waals surface area contributed by atoms with Gasteiger partial charge in [0.15, 0.2) is 0 Å². The van der Waals surface area contributed by atoms with Crippen molar-refractivity contribution in [2.45, 2.75) is 64.9 Å². The second kappa shape index (κ2) is 13.5. The number of nitrogens with one attached hydrogen (secondary N) is 1. The number of hydrogen-bond acceptors (Lipinski definition) is 3. The minimum absolute atomic E-state index is 0.0347. The normalized spacial score (nSPS) is 10.9. The van der Waals surface area contributed by atoms with Crippen molar-refractivity contribution >= 4 is 12.1 Å². The zero-order valence-electron chi connectivity index (χ0n) is 16.9. The van der Waals surface area contributed by atoms with Crippen LogP contribution in [0.25, 0.3) is 0 Å². The average Bonchev–Trinajstić information content (AvgIpc) is 2.73. The highest BCUT2D eigenvalue weighted by molar-refractivity contribution is 5.85. The Hall–Kier alpha value is -2.62. The Morgan fingerprint density at radius 3 is 2.39 bits per heavy atom. The summed E-state index contributed by atoms with van der Waals surface area (Å²) in [7, 11) is 0. The molecule has 0 radical (unpaired) electrons. The lowest BCUT2D eigenvalue weighted by molar-refractivity contribution is -0.121. The molecular formula is C24H32N2O2. The highest BCUT2D eigenvalue weighted by Gasteiger charge is 2.03. The van der Waals surface area contributed by atoms with E-state index < -0.39 is 0 Å². The Morgan fingerprint density at radius 1 is 0.929 bits per heavy atom. The van der Waals surface area contributed by atoms with Crippen LogP contribution in [-0.2, 0) is 11.4 Å². The second-order valence-electron chi connectivity index (χ2n) is 6.98. The van der Waals surface area contributed by atoms with Crippen molar-refractivity contribution in [3.05, 3.63) is 65.7 Å². The van der Waals surface area contributed by atoms with Crippen molar-refractivity contribution < 1.29 is 9.53 Å². The molecule has 4 heteroatoms. The fourth-order valence-corrected chi connectivity index (χ4v) is 2.93. The van der Waals surface area contributed by atoms with E-state index in [1.165, 1.54) is 32.1 Å². The first-order valence-corrected chi connectivity index (χ1v) is 10.4. The Bertz CT molecular complexity index is 714. The fraction of sp³-hybridized carbons (Fsp3) is 0.417. The average molecular weight is 381 g/mol. The molecule has 4 nitrogen and oxygen atoms in total. The van der Waals surface area contributed by atoms with Crippen LogP contribution < -0.4 is 10.2 Å². The number of hydrogen-bond donors (Lipinski definition) is 1. The van der Waals surface area contributed by atoms with Gasteiger partial charge in [-0.3, -0.25) is 4.79 Å². The summed E-state index contributed by atoms with van der Waals surface area (Å²) in [4.78, 5) is 11.9. The Labute approximate surface area is 169 Å². The molecule has 0 heterocycles. The van der Waals surface area contributed by atoms with Crippen molar-refractivity contribution in [3.8, 4) is 5.75 Å². The van der Waals surface area contributed by atoms with Crippen molar-refractivity contribution in [1.29, 1.82) is 0 Å². The van der Waals surface area contributed by atoms with Crippen molar-refractivity contribution in [3.63, 3.8) is 0 Å². The number of carbonyl (C=O) groups excluding carboxylic acids is 1. The second-order valence-corrected chi connectivity index (χ2v) is 6.98. The quantitative estimate of drug-likeness (QED) is 0.269. The molecule has 0 saturated heterocycles. The van der Waals surface area contributed by atoms with Crippen molar-refractivity contribution in [1.82, 2.24) is 5.43 Å². The molecule has 0 fully saturated rings. The molecule has 0 aromatic heterocycles. The van der Waals surface area contributed by atoms with E-state index in [0.29, 0.717) is 13.0 Å². The smallest absolute Gasteiger partial charge is 0.240 e. The van der Waals surface area contributed by atoms with Crippen LogP contribution in [-0.4, -0.2) is 12.1 Å². The molecule has 1 N–H and O–H groups in total. The SMILES string of the molecule is CCCCCCCCCC(=O)N/N=C/c1ccccc1OCc1ccccc1. The van der Waals surface area contributed by atoms with Crippen LogP contribution in [0.2, 0.25) is 0 Å². The van der Waals surface area contributed by atoms with Crippen LogP contribution in [0.1, 0.15) is 69.4 Å². The number of para-hydroxylation sites is 1. The maximum absolute atomic E-state index is 11.9. The van der Waals surface area contributed by atoms with Crippen molar-refractivity contribution in [2.24, 2.45) is 5.10 Å².